The Morgan fingerprint density at radius 2 is 2.05 bits per heavy atom. The summed E-state index contributed by atoms with van der Waals surface area (Å²) in [7, 11) is 1.41. The van der Waals surface area contributed by atoms with Crippen LogP contribution >= 0.6 is 0 Å². The first kappa shape index (κ1) is 16.5. The molecule has 0 saturated carbocycles. The molecule has 0 aromatic heterocycles. The quantitative estimate of drug-likeness (QED) is 0.444. The molecular formula is C14H19N3O4. The number of hydrogen-bond acceptors (Lipinski definition) is 5. The highest BCUT2D eigenvalue weighted by atomic mass is 16.5. The van der Waals surface area contributed by atoms with E-state index in [0.717, 1.165) is 5.56 Å². The van der Waals surface area contributed by atoms with Crippen LogP contribution in [0.3, 0.4) is 0 Å². The fourth-order valence-electron chi connectivity index (χ4n) is 1.60. The van der Waals surface area contributed by atoms with Gasteiger partial charge >= 0.3 is 6.03 Å². The molecule has 0 aliphatic heterocycles. The highest BCUT2D eigenvalue weighted by Crippen LogP contribution is 2.22. The smallest absolute Gasteiger partial charge is 0.321 e. The third-order valence-electron chi connectivity index (χ3n) is 2.81. The van der Waals surface area contributed by atoms with Gasteiger partial charge in [0, 0.05) is 12.6 Å². The van der Waals surface area contributed by atoms with E-state index in [0.29, 0.717) is 17.0 Å². The highest BCUT2D eigenvalue weighted by Gasteiger charge is 2.19. The molecule has 0 radical (unpaired) electrons. The van der Waals surface area contributed by atoms with Gasteiger partial charge in [0.1, 0.15) is 5.75 Å². The second-order valence-corrected chi connectivity index (χ2v) is 4.51. The Labute approximate surface area is 123 Å². The van der Waals surface area contributed by atoms with Crippen LogP contribution in [-0.4, -0.2) is 36.0 Å². The molecule has 7 nitrogen and oxygen atoms in total. The van der Waals surface area contributed by atoms with E-state index in [1.807, 2.05) is 13.0 Å². The lowest BCUT2D eigenvalue weighted by Crippen LogP contribution is -2.44. The molecule has 7 heteroatoms. The maximum Gasteiger partial charge on any atom is 0.321 e. The summed E-state index contributed by atoms with van der Waals surface area (Å²) in [6, 6.07) is 4.68. The van der Waals surface area contributed by atoms with Crippen LogP contribution in [0.25, 0.3) is 0 Å². The Morgan fingerprint density at radius 1 is 1.38 bits per heavy atom. The summed E-state index contributed by atoms with van der Waals surface area (Å²) < 4.78 is 5.55. The van der Waals surface area contributed by atoms with E-state index in [9.17, 15) is 9.59 Å². The van der Waals surface area contributed by atoms with Gasteiger partial charge in [0.25, 0.3) is 5.91 Å². The van der Waals surface area contributed by atoms with Gasteiger partial charge in [-0.15, -0.1) is 0 Å². The van der Waals surface area contributed by atoms with Crippen LogP contribution < -0.4 is 15.4 Å². The molecule has 1 rings (SSSR count). The Hall–Kier alpha value is -2.57. The van der Waals surface area contributed by atoms with Gasteiger partial charge in [-0.1, -0.05) is 16.8 Å². The number of imide groups is 1. The Morgan fingerprint density at radius 3 is 2.62 bits per heavy atom. The first-order valence-corrected chi connectivity index (χ1v) is 6.38. The predicted octanol–water partition coefficient (Wildman–Crippen LogP) is 1.42. The molecule has 0 spiro atoms. The maximum atomic E-state index is 11.8. The number of oxime groups is 1. The van der Waals surface area contributed by atoms with Gasteiger partial charge in [-0.05, 0) is 32.9 Å². The van der Waals surface area contributed by atoms with E-state index >= 15 is 0 Å². The number of nitrogens with zero attached hydrogens (tertiary/aromatic N) is 1. The number of hydrogen-bond donors (Lipinski definition) is 3. The van der Waals surface area contributed by atoms with Gasteiger partial charge < -0.3 is 15.3 Å². The van der Waals surface area contributed by atoms with Crippen molar-refractivity contribution in [2.75, 3.05) is 7.05 Å². The number of carbonyl (C=O) groups is 2. The predicted molar refractivity (Wildman–Crippen MR) is 77.9 cm³/mol. The molecular weight excluding hydrogens is 274 g/mol. The molecule has 0 bridgehead atoms. The number of carbonyl (C=O) groups excluding carboxylic acids is 2. The van der Waals surface area contributed by atoms with E-state index in [1.165, 1.54) is 14.0 Å². The van der Waals surface area contributed by atoms with Crippen LogP contribution in [0.4, 0.5) is 4.79 Å². The highest BCUT2D eigenvalue weighted by molar-refractivity contribution is 6.01. The van der Waals surface area contributed by atoms with Gasteiger partial charge in [-0.3, -0.25) is 10.1 Å². The topological polar surface area (TPSA) is 100 Å². The number of amides is 3. The molecule has 21 heavy (non-hydrogen) atoms. The van der Waals surface area contributed by atoms with Gasteiger partial charge in [0.05, 0.1) is 5.71 Å². The minimum atomic E-state index is -0.879. The van der Waals surface area contributed by atoms with E-state index in [-0.39, 0.29) is 0 Å². The molecule has 1 aromatic carbocycles. The summed E-state index contributed by atoms with van der Waals surface area (Å²) in [6.07, 6.45) is -0.879. The summed E-state index contributed by atoms with van der Waals surface area (Å²) in [5.41, 5.74) is 1.91. The minimum Gasteiger partial charge on any atom is -0.480 e. The number of ether oxygens (including phenoxy) is 1. The second kappa shape index (κ2) is 7.28. The Balaban J connectivity index is 2.92. The lowest BCUT2D eigenvalue weighted by Gasteiger charge is -2.17. The molecule has 1 aromatic rings. The molecule has 0 aliphatic rings. The van der Waals surface area contributed by atoms with Crippen molar-refractivity contribution in [2.24, 2.45) is 5.16 Å². The number of benzene rings is 1. The summed E-state index contributed by atoms with van der Waals surface area (Å²) in [6.45, 7) is 5.03. The number of rotatable bonds is 4. The van der Waals surface area contributed by atoms with Crippen LogP contribution in [0.5, 0.6) is 5.75 Å². The normalized spacial score (nSPS) is 12.5. The van der Waals surface area contributed by atoms with Crippen LogP contribution in [0.1, 0.15) is 25.0 Å². The van der Waals surface area contributed by atoms with Crippen molar-refractivity contribution >= 4 is 17.6 Å². The molecule has 1 atom stereocenters. The van der Waals surface area contributed by atoms with Crippen LogP contribution in [0.15, 0.2) is 23.4 Å². The van der Waals surface area contributed by atoms with Crippen molar-refractivity contribution in [1.82, 2.24) is 10.6 Å². The van der Waals surface area contributed by atoms with Gasteiger partial charge in [-0.2, -0.15) is 0 Å². The van der Waals surface area contributed by atoms with E-state index in [4.69, 9.17) is 9.94 Å². The van der Waals surface area contributed by atoms with Gasteiger partial charge in [0.2, 0.25) is 0 Å². The average Bonchev–Trinajstić information content (AvgIpc) is 2.47. The summed E-state index contributed by atoms with van der Waals surface area (Å²) in [4.78, 5) is 22.9. The Kier molecular flexibility index (Phi) is 5.71. The average molecular weight is 293 g/mol. The van der Waals surface area contributed by atoms with Crippen molar-refractivity contribution < 1.29 is 19.5 Å². The molecule has 0 fully saturated rings. The summed E-state index contributed by atoms with van der Waals surface area (Å²) in [5.74, 6) is -0.171. The lowest BCUT2D eigenvalue weighted by atomic mass is 10.1. The second-order valence-electron chi connectivity index (χ2n) is 4.51. The molecule has 114 valence electrons. The van der Waals surface area contributed by atoms with Crippen molar-refractivity contribution in [1.29, 1.82) is 0 Å². The first-order valence-electron chi connectivity index (χ1n) is 6.38. The van der Waals surface area contributed by atoms with Gasteiger partial charge in [0.15, 0.2) is 6.10 Å². The molecule has 0 aliphatic carbocycles. The number of nitrogens with one attached hydrogen (secondary N) is 2. The lowest BCUT2D eigenvalue weighted by molar-refractivity contribution is -0.126. The Bertz CT molecular complexity index is 569. The standard InChI is InChI=1S/C14H19N3O4/c1-8-5-6-12(11(7-8)9(2)17-20)21-10(3)13(18)16-14(19)15-4/h5-7,10,20H,1-4H3,(H2,15,16,18,19)/b17-9+. The minimum absolute atomic E-state index is 0.368. The van der Waals surface area contributed by atoms with Crippen LogP contribution in [0, 0.1) is 6.92 Å². The van der Waals surface area contributed by atoms with Crippen molar-refractivity contribution in [2.45, 2.75) is 26.9 Å². The maximum absolute atomic E-state index is 11.8. The summed E-state index contributed by atoms with van der Waals surface area (Å²) in [5, 5.41) is 16.5. The van der Waals surface area contributed by atoms with Gasteiger partial charge in [-0.25, -0.2) is 4.79 Å². The molecule has 1 unspecified atom stereocenters. The van der Waals surface area contributed by atoms with Crippen molar-refractivity contribution in [3.05, 3.63) is 29.3 Å². The van der Waals surface area contributed by atoms with Crippen LogP contribution in [-0.2, 0) is 4.79 Å². The molecule has 0 saturated heterocycles. The SMILES string of the molecule is CNC(=O)NC(=O)C(C)Oc1ccc(C)cc1/C(C)=N/O. The monoisotopic (exact) mass is 293 g/mol. The van der Waals surface area contributed by atoms with Crippen LogP contribution in [0.2, 0.25) is 0 Å². The van der Waals surface area contributed by atoms with Crippen molar-refractivity contribution in [3.8, 4) is 5.75 Å². The molecule has 3 N–H and O–H groups in total. The third-order valence-corrected chi connectivity index (χ3v) is 2.81. The van der Waals surface area contributed by atoms with E-state index in [2.05, 4.69) is 15.8 Å². The first-order chi connectivity index (χ1) is 9.88. The zero-order valence-electron chi connectivity index (χ0n) is 12.4. The third kappa shape index (κ3) is 4.48. The zero-order valence-corrected chi connectivity index (χ0v) is 12.4. The zero-order chi connectivity index (χ0) is 16.0. The number of aryl methyl sites for hydroxylation is 1. The van der Waals surface area contributed by atoms with E-state index < -0.39 is 18.0 Å². The van der Waals surface area contributed by atoms with Crippen molar-refractivity contribution in [3.63, 3.8) is 0 Å². The molecule has 0 heterocycles. The largest absolute Gasteiger partial charge is 0.480 e. The fraction of sp³-hybridized carbons (Fsp3) is 0.357. The van der Waals surface area contributed by atoms with E-state index in [1.54, 1.807) is 19.1 Å². The summed E-state index contributed by atoms with van der Waals surface area (Å²) >= 11 is 0. The molecule has 3 amide bonds. The number of urea groups is 1. The fourth-order valence-corrected chi connectivity index (χ4v) is 1.60.